The predicted molar refractivity (Wildman–Crippen MR) is 117 cm³/mol. The number of ether oxygens (including phenoxy) is 1. The molecule has 0 aromatic heterocycles. The van der Waals surface area contributed by atoms with Crippen molar-refractivity contribution >= 4 is 15.9 Å². The molecule has 0 atom stereocenters. The summed E-state index contributed by atoms with van der Waals surface area (Å²) in [5.74, 6) is 0.635. The molecule has 0 radical (unpaired) electrons. The number of sulfonamides is 1. The monoisotopic (exact) mass is 430 g/mol. The van der Waals surface area contributed by atoms with Gasteiger partial charge in [0.25, 0.3) is 5.91 Å². The molecule has 1 N–H and O–H groups in total. The molecule has 1 heterocycles. The third-order valence-electron chi connectivity index (χ3n) is 5.47. The molecule has 0 bridgehead atoms. The van der Waals surface area contributed by atoms with E-state index in [-0.39, 0.29) is 18.6 Å². The summed E-state index contributed by atoms with van der Waals surface area (Å²) in [6.07, 6.45) is 1.17. The Morgan fingerprint density at radius 2 is 1.60 bits per heavy atom. The summed E-state index contributed by atoms with van der Waals surface area (Å²) >= 11 is 0. The fourth-order valence-corrected chi connectivity index (χ4v) is 5.35. The average Bonchev–Trinajstić information content (AvgIpc) is 2.67. The van der Waals surface area contributed by atoms with E-state index >= 15 is 0 Å². The minimum absolute atomic E-state index is 0.0111. The number of piperidine rings is 1. The number of carbonyl (C=O) groups is 1. The van der Waals surface area contributed by atoms with Crippen LogP contribution in [0, 0.1) is 27.7 Å². The molecule has 1 aliphatic heterocycles. The lowest BCUT2D eigenvalue weighted by molar-refractivity contribution is -0.134. The van der Waals surface area contributed by atoms with Crippen LogP contribution in [-0.4, -0.2) is 45.0 Å². The molecule has 0 unspecified atom stereocenters. The summed E-state index contributed by atoms with van der Waals surface area (Å²) in [6.45, 7) is 8.72. The Labute approximate surface area is 179 Å². The first kappa shape index (κ1) is 22.3. The molecule has 0 spiro atoms. The zero-order chi connectivity index (χ0) is 21.9. The highest BCUT2D eigenvalue weighted by molar-refractivity contribution is 7.89. The van der Waals surface area contributed by atoms with Crippen molar-refractivity contribution in [2.45, 2.75) is 51.5 Å². The Morgan fingerprint density at radius 1 is 1.00 bits per heavy atom. The first-order valence-electron chi connectivity index (χ1n) is 10.2. The van der Waals surface area contributed by atoms with Crippen LogP contribution in [-0.2, 0) is 14.8 Å². The van der Waals surface area contributed by atoms with Crippen molar-refractivity contribution in [1.29, 1.82) is 0 Å². The van der Waals surface area contributed by atoms with Gasteiger partial charge in [-0.25, -0.2) is 13.1 Å². The Kier molecular flexibility index (Phi) is 6.83. The van der Waals surface area contributed by atoms with Crippen LogP contribution in [0.2, 0.25) is 0 Å². The fourth-order valence-electron chi connectivity index (χ4n) is 3.82. The minimum Gasteiger partial charge on any atom is -0.484 e. The van der Waals surface area contributed by atoms with Crippen LogP contribution in [0.15, 0.2) is 41.3 Å². The molecule has 0 saturated carbocycles. The van der Waals surface area contributed by atoms with Gasteiger partial charge in [0.1, 0.15) is 5.75 Å². The van der Waals surface area contributed by atoms with Crippen molar-refractivity contribution in [3.8, 4) is 5.75 Å². The minimum atomic E-state index is -3.58. The zero-order valence-electron chi connectivity index (χ0n) is 18.1. The topological polar surface area (TPSA) is 75.7 Å². The van der Waals surface area contributed by atoms with Crippen LogP contribution in [0.3, 0.4) is 0 Å². The van der Waals surface area contributed by atoms with Gasteiger partial charge in [0.2, 0.25) is 10.0 Å². The van der Waals surface area contributed by atoms with Crippen molar-refractivity contribution in [1.82, 2.24) is 9.62 Å². The molecule has 2 aromatic rings. The second kappa shape index (κ2) is 9.18. The maximum absolute atomic E-state index is 12.8. The normalized spacial score (nSPS) is 15.3. The van der Waals surface area contributed by atoms with Crippen molar-refractivity contribution in [3.63, 3.8) is 0 Å². The maximum Gasteiger partial charge on any atom is 0.260 e. The first-order chi connectivity index (χ1) is 14.2. The first-order valence-corrected chi connectivity index (χ1v) is 11.7. The molecule has 2 aromatic carbocycles. The van der Waals surface area contributed by atoms with E-state index in [0.717, 1.165) is 22.3 Å². The highest BCUT2D eigenvalue weighted by atomic mass is 32.2. The van der Waals surface area contributed by atoms with Gasteiger partial charge in [-0.3, -0.25) is 4.79 Å². The number of hydrogen-bond acceptors (Lipinski definition) is 4. The molecule has 30 heavy (non-hydrogen) atoms. The molecule has 3 rings (SSSR count). The lowest BCUT2D eigenvalue weighted by Gasteiger charge is -2.32. The summed E-state index contributed by atoms with van der Waals surface area (Å²) in [7, 11) is -3.58. The van der Waals surface area contributed by atoms with E-state index in [1.165, 1.54) is 0 Å². The molecular weight excluding hydrogens is 400 g/mol. The van der Waals surface area contributed by atoms with Crippen LogP contribution >= 0.6 is 0 Å². The number of nitrogens with zero attached hydrogens (tertiary/aromatic N) is 1. The van der Waals surface area contributed by atoms with Gasteiger partial charge in [-0.1, -0.05) is 35.4 Å². The fraction of sp³-hybridized carbons (Fsp3) is 0.435. The van der Waals surface area contributed by atoms with Gasteiger partial charge >= 0.3 is 0 Å². The Morgan fingerprint density at radius 3 is 2.20 bits per heavy atom. The number of hydrogen-bond donors (Lipinski definition) is 1. The van der Waals surface area contributed by atoms with Gasteiger partial charge in [-0.05, 0) is 63.8 Å². The van der Waals surface area contributed by atoms with Crippen LogP contribution in [0.25, 0.3) is 0 Å². The van der Waals surface area contributed by atoms with E-state index in [1.54, 1.807) is 24.0 Å². The van der Waals surface area contributed by atoms with E-state index in [0.29, 0.717) is 36.6 Å². The van der Waals surface area contributed by atoms with Crippen molar-refractivity contribution in [2.24, 2.45) is 0 Å². The third kappa shape index (κ3) is 5.40. The third-order valence-corrected chi connectivity index (χ3v) is 7.15. The van der Waals surface area contributed by atoms with E-state index in [4.69, 9.17) is 4.74 Å². The van der Waals surface area contributed by atoms with E-state index in [1.807, 2.05) is 45.0 Å². The van der Waals surface area contributed by atoms with Crippen LogP contribution < -0.4 is 9.46 Å². The van der Waals surface area contributed by atoms with Gasteiger partial charge in [0.05, 0.1) is 4.90 Å². The zero-order valence-corrected chi connectivity index (χ0v) is 18.9. The summed E-state index contributed by atoms with van der Waals surface area (Å²) in [6, 6.07) is 11.0. The largest absolute Gasteiger partial charge is 0.484 e. The lowest BCUT2D eigenvalue weighted by Crippen LogP contribution is -2.47. The molecular formula is C23H30N2O4S. The SMILES string of the molecule is Cc1ccc(OCC(=O)N2CCC(NS(=O)(=O)c3ccc(C)cc3C)CC2)c(C)c1. The summed E-state index contributed by atoms with van der Waals surface area (Å²) < 4.78 is 34.0. The van der Waals surface area contributed by atoms with Gasteiger partial charge in [0.15, 0.2) is 6.61 Å². The lowest BCUT2D eigenvalue weighted by atomic mass is 10.1. The number of benzene rings is 2. The molecule has 1 saturated heterocycles. The Hall–Kier alpha value is -2.38. The quantitative estimate of drug-likeness (QED) is 0.763. The number of rotatable bonds is 6. The summed E-state index contributed by atoms with van der Waals surface area (Å²) in [4.78, 5) is 14.6. The van der Waals surface area contributed by atoms with Crippen LogP contribution in [0.1, 0.15) is 35.1 Å². The summed E-state index contributed by atoms with van der Waals surface area (Å²) in [5, 5.41) is 0. The van der Waals surface area contributed by atoms with Gasteiger partial charge in [-0.2, -0.15) is 0 Å². The number of nitrogens with one attached hydrogen (secondary N) is 1. The van der Waals surface area contributed by atoms with Crippen molar-refractivity contribution < 1.29 is 17.9 Å². The van der Waals surface area contributed by atoms with E-state index in [9.17, 15) is 13.2 Å². The van der Waals surface area contributed by atoms with E-state index in [2.05, 4.69) is 4.72 Å². The number of amides is 1. The molecule has 1 fully saturated rings. The second-order valence-corrected chi connectivity index (χ2v) is 9.79. The van der Waals surface area contributed by atoms with Crippen LogP contribution in [0.4, 0.5) is 0 Å². The molecule has 0 aliphatic carbocycles. The van der Waals surface area contributed by atoms with Gasteiger partial charge in [0, 0.05) is 19.1 Å². The highest BCUT2D eigenvalue weighted by Crippen LogP contribution is 2.21. The molecule has 6 nitrogen and oxygen atoms in total. The Bertz CT molecular complexity index is 1030. The van der Waals surface area contributed by atoms with Crippen molar-refractivity contribution in [2.75, 3.05) is 19.7 Å². The van der Waals surface area contributed by atoms with Crippen molar-refractivity contribution in [3.05, 3.63) is 58.7 Å². The van der Waals surface area contributed by atoms with E-state index < -0.39 is 10.0 Å². The molecule has 162 valence electrons. The number of aryl methyl sites for hydroxylation is 4. The van der Waals surface area contributed by atoms with Gasteiger partial charge < -0.3 is 9.64 Å². The highest BCUT2D eigenvalue weighted by Gasteiger charge is 2.27. The second-order valence-electron chi connectivity index (χ2n) is 8.10. The standard InChI is InChI=1S/C23H30N2O4S/c1-16-5-7-21(18(3)13-16)29-15-23(26)25-11-9-20(10-12-25)24-30(27,28)22-8-6-17(2)14-19(22)4/h5-8,13-14,20,24H,9-12,15H2,1-4H3. The number of likely N-dealkylation sites (tertiary alicyclic amines) is 1. The molecule has 1 amide bonds. The molecule has 7 heteroatoms. The summed E-state index contributed by atoms with van der Waals surface area (Å²) in [5.41, 5.74) is 3.92. The Balaban J connectivity index is 1.52. The number of carbonyl (C=O) groups excluding carboxylic acids is 1. The maximum atomic E-state index is 12.8. The van der Waals surface area contributed by atoms with Crippen LogP contribution in [0.5, 0.6) is 5.75 Å². The van der Waals surface area contributed by atoms with Gasteiger partial charge in [-0.15, -0.1) is 0 Å². The molecule has 1 aliphatic rings. The smallest absolute Gasteiger partial charge is 0.260 e. The predicted octanol–water partition coefficient (Wildman–Crippen LogP) is 3.27. The average molecular weight is 431 g/mol.